The molecule has 0 aliphatic rings. The number of aromatic carboxylic acids is 1. The topological polar surface area (TPSA) is 97.4 Å². The molecule has 5 aromatic rings. The molecule has 0 fully saturated rings. The average molecular weight is 494 g/mol. The minimum absolute atomic E-state index is 0.0873. The van der Waals surface area contributed by atoms with E-state index in [1.165, 1.54) is 0 Å². The zero-order valence-electron chi connectivity index (χ0n) is 21.1. The fraction of sp³-hybridized carbons (Fsp3) is 0.167. The number of rotatable bonds is 6. The van der Waals surface area contributed by atoms with Crippen molar-refractivity contribution in [2.45, 2.75) is 26.8 Å². The highest BCUT2D eigenvalue weighted by Crippen LogP contribution is 2.33. The molecule has 37 heavy (non-hydrogen) atoms. The fourth-order valence-electron chi connectivity index (χ4n) is 4.66. The Morgan fingerprint density at radius 3 is 2.41 bits per heavy atom. The number of nitrogens with one attached hydrogen (secondary N) is 1. The van der Waals surface area contributed by atoms with E-state index in [0.29, 0.717) is 28.0 Å². The summed E-state index contributed by atoms with van der Waals surface area (Å²) in [7, 11) is 1.88. The number of anilines is 1. The van der Waals surface area contributed by atoms with E-state index in [4.69, 9.17) is 4.42 Å². The normalized spacial score (nSPS) is 12.0. The first-order chi connectivity index (χ1) is 17.7. The molecule has 0 radical (unpaired) electrons. The minimum Gasteiger partial charge on any atom is -0.478 e. The maximum Gasteiger partial charge on any atom is 0.337 e. The number of carbonyl (C=O) groups is 1. The Kier molecular flexibility index (Phi) is 6.13. The zero-order chi connectivity index (χ0) is 26.3. The third-order valence-electron chi connectivity index (χ3n) is 6.57. The minimum atomic E-state index is -1.01. The molecule has 7 heteroatoms. The Labute approximate surface area is 214 Å². The van der Waals surface area contributed by atoms with Gasteiger partial charge in [0.15, 0.2) is 5.43 Å². The summed E-state index contributed by atoms with van der Waals surface area (Å²) in [6.07, 6.45) is 3.75. The number of para-hydroxylation sites is 1. The van der Waals surface area contributed by atoms with Crippen LogP contribution in [-0.2, 0) is 7.05 Å². The van der Waals surface area contributed by atoms with Crippen LogP contribution in [0.15, 0.2) is 82.3 Å². The van der Waals surface area contributed by atoms with Crippen LogP contribution in [0.2, 0.25) is 0 Å². The molecular formula is C30H27N3O4. The number of hydrogen-bond acceptors (Lipinski definition) is 5. The molecule has 1 atom stereocenters. The summed E-state index contributed by atoms with van der Waals surface area (Å²) in [5, 5.41) is 17.6. The number of benzene rings is 3. The molecule has 0 aliphatic heterocycles. The molecule has 2 aromatic heterocycles. The number of aromatic nitrogens is 2. The Hall–Kier alpha value is -4.65. The van der Waals surface area contributed by atoms with Crippen LogP contribution in [0.25, 0.3) is 33.4 Å². The molecule has 0 amide bonds. The standard InChI is InChI=1S/C30H27N3O4/c1-17-13-24(19(3)32-26-8-6-5-7-23(26)30(35)36)29-25(14-17)27(34)18(2)28(37-29)21-11-9-20(10-12-21)22-15-31-33(4)16-22/h5-16,19,32H,1-4H3,(H,35,36)/t19-/m1/s1. The van der Waals surface area contributed by atoms with Crippen LogP contribution in [0.4, 0.5) is 5.69 Å². The van der Waals surface area contributed by atoms with Gasteiger partial charge in [-0.2, -0.15) is 5.10 Å². The van der Waals surface area contributed by atoms with Gasteiger partial charge in [0, 0.05) is 41.2 Å². The number of nitrogens with zero attached hydrogens (tertiary/aromatic N) is 2. The van der Waals surface area contributed by atoms with Crippen molar-refractivity contribution in [3.8, 4) is 22.5 Å². The number of carboxylic acid groups (broad SMARTS) is 1. The van der Waals surface area contributed by atoms with Crippen LogP contribution >= 0.6 is 0 Å². The quantitative estimate of drug-likeness (QED) is 0.286. The Morgan fingerprint density at radius 2 is 1.73 bits per heavy atom. The fourth-order valence-corrected chi connectivity index (χ4v) is 4.66. The van der Waals surface area contributed by atoms with Gasteiger partial charge >= 0.3 is 5.97 Å². The first kappa shape index (κ1) is 24.1. The molecule has 2 N–H and O–H groups in total. The molecule has 186 valence electrons. The summed E-state index contributed by atoms with van der Waals surface area (Å²) in [6.45, 7) is 5.64. The maximum absolute atomic E-state index is 13.5. The lowest BCUT2D eigenvalue weighted by atomic mass is 9.98. The van der Waals surface area contributed by atoms with Gasteiger partial charge in [0.25, 0.3) is 0 Å². The number of aryl methyl sites for hydroxylation is 2. The highest BCUT2D eigenvalue weighted by atomic mass is 16.4. The van der Waals surface area contributed by atoms with E-state index in [9.17, 15) is 14.7 Å². The number of hydrogen-bond donors (Lipinski definition) is 2. The molecule has 2 heterocycles. The Bertz CT molecular complexity index is 1700. The molecule has 0 saturated heterocycles. The summed E-state index contributed by atoms with van der Waals surface area (Å²) in [5.74, 6) is -0.498. The van der Waals surface area contributed by atoms with Crippen LogP contribution in [0, 0.1) is 13.8 Å². The van der Waals surface area contributed by atoms with Gasteiger partial charge in [-0.15, -0.1) is 0 Å². The molecular weight excluding hydrogens is 466 g/mol. The largest absolute Gasteiger partial charge is 0.478 e. The lowest BCUT2D eigenvalue weighted by Crippen LogP contribution is -2.14. The van der Waals surface area contributed by atoms with E-state index in [-0.39, 0.29) is 17.0 Å². The molecule has 0 unspecified atom stereocenters. The van der Waals surface area contributed by atoms with E-state index in [0.717, 1.165) is 27.8 Å². The summed E-state index contributed by atoms with van der Waals surface area (Å²) < 4.78 is 8.21. The third-order valence-corrected chi connectivity index (χ3v) is 6.57. The summed E-state index contributed by atoms with van der Waals surface area (Å²) in [6, 6.07) is 18.1. The van der Waals surface area contributed by atoms with Gasteiger partial charge in [0.1, 0.15) is 11.3 Å². The van der Waals surface area contributed by atoms with Gasteiger partial charge in [-0.3, -0.25) is 9.48 Å². The van der Waals surface area contributed by atoms with E-state index in [1.807, 2.05) is 69.7 Å². The van der Waals surface area contributed by atoms with Crippen LogP contribution in [0.1, 0.15) is 40.0 Å². The van der Waals surface area contributed by atoms with E-state index in [1.54, 1.807) is 35.9 Å². The predicted octanol–water partition coefficient (Wildman–Crippen LogP) is 6.35. The van der Waals surface area contributed by atoms with Crippen molar-refractivity contribution in [3.05, 3.63) is 106 Å². The predicted molar refractivity (Wildman–Crippen MR) is 145 cm³/mol. The van der Waals surface area contributed by atoms with E-state index >= 15 is 0 Å². The lowest BCUT2D eigenvalue weighted by molar-refractivity contribution is 0.0698. The summed E-state index contributed by atoms with van der Waals surface area (Å²) in [5.41, 5.74) is 6.13. The average Bonchev–Trinajstić information content (AvgIpc) is 3.32. The Balaban J connectivity index is 1.60. The highest BCUT2D eigenvalue weighted by molar-refractivity contribution is 5.94. The molecule has 0 aliphatic carbocycles. The van der Waals surface area contributed by atoms with Crippen molar-refractivity contribution in [2.75, 3.05) is 5.32 Å². The monoisotopic (exact) mass is 493 g/mol. The SMILES string of the molecule is Cc1cc([C@@H](C)Nc2ccccc2C(=O)O)c2oc(-c3ccc(-c4cnn(C)c4)cc3)c(C)c(=O)c2c1. The smallest absolute Gasteiger partial charge is 0.337 e. The third kappa shape index (κ3) is 4.51. The van der Waals surface area contributed by atoms with Crippen molar-refractivity contribution < 1.29 is 14.3 Å². The van der Waals surface area contributed by atoms with Crippen molar-refractivity contribution >= 4 is 22.6 Å². The molecule has 5 rings (SSSR count). The molecule has 7 nitrogen and oxygen atoms in total. The van der Waals surface area contributed by atoms with Gasteiger partial charge in [-0.05, 0) is 50.1 Å². The second kappa shape index (κ2) is 9.43. The van der Waals surface area contributed by atoms with Crippen molar-refractivity contribution in [3.63, 3.8) is 0 Å². The van der Waals surface area contributed by atoms with Gasteiger partial charge in [0.2, 0.25) is 0 Å². The number of carboxylic acids is 1. The Morgan fingerprint density at radius 1 is 1.03 bits per heavy atom. The van der Waals surface area contributed by atoms with Gasteiger partial charge in [-0.25, -0.2) is 4.79 Å². The maximum atomic E-state index is 13.5. The van der Waals surface area contributed by atoms with Gasteiger partial charge in [0.05, 0.1) is 23.2 Å². The van der Waals surface area contributed by atoms with E-state index < -0.39 is 5.97 Å². The number of fused-ring (bicyclic) bond motifs is 1. The first-order valence-electron chi connectivity index (χ1n) is 12.0. The second-order valence-electron chi connectivity index (χ2n) is 9.31. The van der Waals surface area contributed by atoms with Crippen molar-refractivity contribution in [1.82, 2.24) is 9.78 Å². The first-order valence-corrected chi connectivity index (χ1v) is 12.0. The van der Waals surface area contributed by atoms with Gasteiger partial charge in [-0.1, -0.05) is 42.5 Å². The second-order valence-corrected chi connectivity index (χ2v) is 9.31. The van der Waals surface area contributed by atoms with E-state index in [2.05, 4.69) is 10.4 Å². The molecule has 0 saturated carbocycles. The summed E-state index contributed by atoms with van der Waals surface area (Å²) in [4.78, 5) is 25.2. The van der Waals surface area contributed by atoms with Crippen LogP contribution in [-0.4, -0.2) is 20.9 Å². The van der Waals surface area contributed by atoms with Crippen LogP contribution < -0.4 is 10.7 Å². The zero-order valence-corrected chi connectivity index (χ0v) is 21.1. The molecule has 3 aromatic carbocycles. The molecule has 0 spiro atoms. The van der Waals surface area contributed by atoms with Crippen LogP contribution in [0.3, 0.4) is 0 Å². The van der Waals surface area contributed by atoms with Crippen LogP contribution in [0.5, 0.6) is 0 Å². The van der Waals surface area contributed by atoms with Gasteiger partial charge < -0.3 is 14.8 Å². The highest BCUT2D eigenvalue weighted by Gasteiger charge is 2.20. The molecule has 0 bridgehead atoms. The van der Waals surface area contributed by atoms with Crippen molar-refractivity contribution in [2.24, 2.45) is 7.05 Å². The summed E-state index contributed by atoms with van der Waals surface area (Å²) >= 11 is 0. The van der Waals surface area contributed by atoms with Crippen molar-refractivity contribution in [1.29, 1.82) is 0 Å². The lowest BCUT2D eigenvalue weighted by Gasteiger charge is -2.20.